The smallest absolute Gasteiger partial charge is 0.340 e. The molecular weight excluding hydrogens is 419 g/mol. The summed E-state index contributed by atoms with van der Waals surface area (Å²) >= 11 is 1.44. The third kappa shape index (κ3) is 4.34. The minimum absolute atomic E-state index is 0.0313. The minimum atomic E-state index is -0.503. The SMILES string of the molecule is COc1ccc(-c2nc(COC(=O)c3cc4ccc(F)cc4nc3C)cs2)cc1OC. The number of halogens is 1. The largest absolute Gasteiger partial charge is 0.493 e. The lowest BCUT2D eigenvalue weighted by molar-refractivity contribution is 0.0467. The van der Waals surface area contributed by atoms with Crippen LogP contribution < -0.4 is 9.47 Å². The number of rotatable bonds is 6. The number of nitrogens with zero attached hydrogens (tertiary/aromatic N) is 2. The number of carbonyl (C=O) groups excluding carboxylic acids is 1. The number of thiazole rings is 1. The Bertz CT molecular complexity index is 1270. The maximum atomic E-state index is 13.4. The first-order chi connectivity index (χ1) is 15.0. The van der Waals surface area contributed by atoms with Crippen molar-refractivity contribution in [2.45, 2.75) is 13.5 Å². The number of fused-ring (bicyclic) bond motifs is 1. The van der Waals surface area contributed by atoms with Gasteiger partial charge in [0.2, 0.25) is 0 Å². The Balaban J connectivity index is 1.49. The van der Waals surface area contributed by atoms with E-state index in [-0.39, 0.29) is 12.4 Å². The number of methoxy groups -OCH3 is 2. The van der Waals surface area contributed by atoms with Gasteiger partial charge < -0.3 is 14.2 Å². The number of esters is 1. The molecule has 0 N–H and O–H groups in total. The van der Waals surface area contributed by atoms with Crippen molar-refractivity contribution >= 4 is 28.2 Å². The third-order valence-corrected chi connectivity index (χ3v) is 5.66. The summed E-state index contributed by atoms with van der Waals surface area (Å²) in [5, 5.41) is 3.29. The van der Waals surface area contributed by atoms with Crippen LogP contribution in [0.5, 0.6) is 11.5 Å². The summed E-state index contributed by atoms with van der Waals surface area (Å²) in [6.07, 6.45) is 0. The summed E-state index contributed by atoms with van der Waals surface area (Å²) in [4.78, 5) is 21.4. The van der Waals surface area contributed by atoms with Gasteiger partial charge in [0.1, 0.15) is 17.4 Å². The lowest BCUT2D eigenvalue weighted by Crippen LogP contribution is -2.08. The van der Waals surface area contributed by atoms with E-state index >= 15 is 0 Å². The molecule has 0 saturated carbocycles. The molecule has 2 aromatic heterocycles. The van der Waals surface area contributed by atoms with Gasteiger partial charge in [-0.05, 0) is 43.3 Å². The van der Waals surface area contributed by atoms with Gasteiger partial charge in [-0.15, -0.1) is 11.3 Å². The van der Waals surface area contributed by atoms with Crippen LogP contribution in [0.2, 0.25) is 0 Å². The van der Waals surface area contributed by atoms with E-state index in [1.54, 1.807) is 33.3 Å². The highest BCUT2D eigenvalue weighted by Crippen LogP contribution is 2.33. The van der Waals surface area contributed by atoms with E-state index < -0.39 is 5.97 Å². The zero-order chi connectivity index (χ0) is 22.0. The summed E-state index contributed by atoms with van der Waals surface area (Å²) in [6, 6.07) is 11.5. The Morgan fingerprint density at radius 3 is 2.61 bits per heavy atom. The molecule has 0 atom stereocenters. The number of benzene rings is 2. The predicted octanol–water partition coefficient (Wildman–Crippen LogP) is 5.18. The highest BCUT2D eigenvalue weighted by atomic mass is 32.1. The van der Waals surface area contributed by atoms with Gasteiger partial charge in [0.05, 0.1) is 36.7 Å². The molecular formula is C23H19FN2O4S. The average molecular weight is 438 g/mol. The molecule has 2 aromatic carbocycles. The molecule has 31 heavy (non-hydrogen) atoms. The van der Waals surface area contributed by atoms with E-state index in [1.165, 1.54) is 23.5 Å². The predicted molar refractivity (Wildman–Crippen MR) is 116 cm³/mol. The van der Waals surface area contributed by atoms with Crippen LogP contribution in [0.25, 0.3) is 21.5 Å². The van der Waals surface area contributed by atoms with Gasteiger partial charge >= 0.3 is 5.97 Å². The van der Waals surface area contributed by atoms with Crippen LogP contribution in [0.1, 0.15) is 21.7 Å². The van der Waals surface area contributed by atoms with Crippen LogP contribution in [0, 0.1) is 12.7 Å². The monoisotopic (exact) mass is 438 g/mol. The number of aromatic nitrogens is 2. The molecule has 8 heteroatoms. The zero-order valence-electron chi connectivity index (χ0n) is 17.1. The molecule has 4 aromatic rings. The van der Waals surface area contributed by atoms with Gasteiger partial charge in [0, 0.05) is 22.4 Å². The van der Waals surface area contributed by atoms with E-state index in [9.17, 15) is 9.18 Å². The molecule has 2 heterocycles. The number of hydrogen-bond donors (Lipinski definition) is 0. The van der Waals surface area contributed by atoms with Crippen LogP contribution in [-0.4, -0.2) is 30.2 Å². The summed E-state index contributed by atoms with van der Waals surface area (Å²) in [5.74, 6) is 0.377. The van der Waals surface area contributed by atoms with Gasteiger partial charge in [0.25, 0.3) is 0 Å². The van der Waals surface area contributed by atoms with Crippen molar-refractivity contribution in [3.05, 3.63) is 70.6 Å². The normalized spacial score (nSPS) is 10.8. The fraction of sp³-hybridized carbons (Fsp3) is 0.174. The highest BCUT2D eigenvalue weighted by Gasteiger charge is 2.15. The molecule has 0 amide bonds. The van der Waals surface area contributed by atoms with Crippen LogP contribution in [-0.2, 0) is 11.3 Å². The molecule has 4 rings (SSSR count). The van der Waals surface area contributed by atoms with Crippen molar-refractivity contribution in [3.8, 4) is 22.1 Å². The van der Waals surface area contributed by atoms with Gasteiger partial charge in [-0.2, -0.15) is 0 Å². The summed E-state index contributed by atoms with van der Waals surface area (Å²) in [6.45, 7) is 1.72. The van der Waals surface area contributed by atoms with Crippen molar-refractivity contribution in [2.75, 3.05) is 14.2 Å². The molecule has 0 unspecified atom stereocenters. The first kappa shape index (κ1) is 20.7. The van der Waals surface area contributed by atoms with Crippen LogP contribution in [0.3, 0.4) is 0 Å². The quantitative estimate of drug-likeness (QED) is 0.386. The van der Waals surface area contributed by atoms with E-state index in [4.69, 9.17) is 14.2 Å². The molecule has 0 bridgehead atoms. The van der Waals surface area contributed by atoms with Crippen molar-refractivity contribution in [2.24, 2.45) is 0 Å². The molecule has 0 aliphatic rings. The molecule has 0 fully saturated rings. The van der Waals surface area contributed by atoms with Gasteiger partial charge in [-0.25, -0.2) is 14.2 Å². The molecule has 0 radical (unpaired) electrons. The van der Waals surface area contributed by atoms with Crippen LogP contribution in [0.15, 0.2) is 47.8 Å². The van der Waals surface area contributed by atoms with Gasteiger partial charge in [-0.3, -0.25) is 4.98 Å². The minimum Gasteiger partial charge on any atom is -0.493 e. The van der Waals surface area contributed by atoms with Crippen LogP contribution >= 0.6 is 11.3 Å². The van der Waals surface area contributed by atoms with Crippen LogP contribution in [0.4, 0.5) is 4.39 Å². The lowest BCUT2D eigenvalue weighted by atomic mass is 10.1. The topological polar surface area (TPSA) is 70.5 Å². The van der Waals surface area contributed by atoms with E-state index in [0.29, 0.717) is 39.4 Å². The Morgan fingerprint density at radius 2 is 1.84 bits per heavy atom. The van der Waals surface area contributed by atoms with Crippen molar-refractivity contribution < 1.29 is 23.4 Å². The Labute approximate surface area is 182 Å². The van der Waals surface area contributed by atoms with E-state index in [1.807, 2.05) is 23.6 Å². The zero-order valence-corrected chi connectivity index (χ0v) is 18.0. The fourth-order valence-electron chi connectivity index (χ4n) is 3.14. The molecule has 0 aliphatic carbocycles. The number of ether oxygens (including phenoxy) is 3. The Kier molecular flexibility index (Phi) is 5.81. The van der Waals surface area contributed by atoms with Crippen molar-refractivity contribution in [3.63, 3.8) is 0 Å². The maximum absolute atomic E-state index is 13.4. The summed E-state index contributed by atoms with van der Waals surface area (Å²) in [7, 11) is 3.16. The molecule has 6 nitrogen and oxygen atoms in total. The van der Waals surface area contributed by atoms with Crippen molar-refractivity contribution in [1.29, 1.82) is 0 Å². The Morgan fingerprint density at radius 1 is 1.03 bits per heavy atom. The lowest BCUT2D eigenvalue weighted by Gasteiger charge is -2.08. The first-order valence-corrected chi connectivity index (χ1v) is 10.3. The maximum Gasteiger partial charge on any atom is 0.340 e. The molecule has 0 saturated heterocycles. The Hall–Kier alpha value is -3.52. The third-order valence-electron chi connectivity index (χ3n) is 4.72. The highest BCUT2D eigenvalue weighted by molar-refractivity contribution is 7.13. The van der Waals surface area contributed by atoms with Gasteiger partial charge in [-0.1, -0.05) is 0 Å². The second-order valence-corrected chi connectivity index (χ2v) is 7.61. The van der Waals surface area contributed by atoms with E-state index in [2.05, 4.69) is 9.97 Å². The number of aryl methyl sites for hydroxylation is 1. The fourth-order valence-corrected chi connectivity index (χ4v) is 3.94. The number of pyridine rings is 1. The molecule has 0 spiro atoms. The average Bonchev–Trinajstić information content (AvgIpc) is 3.25. The standard InChI is InChI=1S/C23H19FN2O4S/c1-13-18(8-14-4-6-16(24)10-19(14)25-13)23(27)30-11-17-12-31-22(26-17)15-5-7-20(28-2)21(9-15)29-3/h4-10,12H,11H2,1-3H3. The molecule has 0 aliphatic heterocycles. The molecule has 158 valence electrons. The van der Waals surface area contributed by atoms with Crippen molar-refractivity contribution in [1.82, 2.24) is 9.97 Å². The van der Waals surface area contributed by atoms with E-state index in [0.717, 1.165) is 10.6 Å². The number of hydrogen-bond acceptors (Lipinski definition) is 7. The second kappa shape index (κ2) is 8.69. The first-order valence-electron chi connectivity index (χ1n) is 9.39. The second-order valence-electron chi connectivity index (χ2n) is 6.75. The summed E-state index contributed by atoms with van der Waals surface area (Å²) < 4.78 is 29.4. The van der Waals surface area contributed by atoms with Gasteiger partial charge in [0.15, 0.2) is 11.5 Å². The number of carbonyl (C=O) groups is 1. The summed E-state index contributed by atoms with van der Waals surface area (Å²) in [5.41, 5.74) is 2.83.